The Bertz CT molecular complexity index is 171. The van der Waals surface area contributed by atoms with Gasteiger partial charge in [0, 0.05) is 18.9 Å². The third-order valence-electron chi connectivity index (χ3n) is 1.27. The SMILES string of the molecule is Cc1cc(P)cn1C. The molecular formula is C6H10NP. The fourth-order valence-corrected chi connectivity index (χ4v) is 1.17. The monoisotopic (exact) mass is 127 g/mol. The van der Waals surface area contributed by atoms with Gasteiger partial charge in [0.15, 0.2) is 0 Å². The number of hydrogen-bond donors (Lipinski definition) is 0. The predicted octanol–water partition coefficient (Wildman–Crippen LogP) is 0.834. The van der Waals surface area contributed by atoms with Crippen molar-refractivity contribution in [3.63, 3.8) is 0 Å². The van der Waals surface area contributed by atoms with Crippen molar-refractivity contribution in [3.05, 3.63) is 18.0 Å². The van der Waals surface area contributed by atoms with Crippen LogP contribution in [0.5, 0.6) is 0 Å². The molecule has 1 atom stereocenters. The van der Waals surface area contributed by atoms with Crippen molar-refractivity contribution in [2.75, 3.05) is 0 Å². The van der Waals surface area contributed by atoms with E-state index in [4.69, 9.17) is 0 Å². The van der Waals surface area contributed by atoms with Crippen LogP contribution >= 0.6 is 9.24 Å². The highest BCUT2D eigenvalue weighted by molar-refractivity contribution is 7.27. The molecular weight excluding hydrogens is 117 g/mol. The molecule has 1 nitrogen and oxygen atoms in total. The van der Waals surface area contributed by atoms with Gasteiger partial charge in [-0.25, -0.2) is 0 Å². The van der Waals surface area contributed by atoms with Gasteiger partial charge in [0.25, 0.3) is 0 Å². The summed E-state index contributed by atoms with van der Waals surface area (Å²) in [5.74, 6) is 0. The minimum absolute atomic E-state index is 1.25. The van der Waals surface area contributed by atoms with E-state index in [-0.39, 0.29) is 0 Å². The zero-order valence-corrected chi connectivity index (χ0v) is 6.33. The zero-order chi connectivity index (χ0) is 6.15. The van der Waals surface area contributed by atoms with Crippen molar-refractivity contribution in [1.82, 2.24) is 4.57 Å². The van der Waals surface area contributed by atoms with Crippen molar-refractivity contribution in [1.29, 1.82) is 0 Å². The van der Waals surface area contributed by atoms with Crippen molar-refractivity contribution >= 4 is 14.5 Å². The summed E-state index contributed by atoms with van der Waals surface area (Å²) < 4.78 is 2.10. The minimum atomic E-state index is 1.25. The highest BCUT2D eigenvalue weighted by Crippen LogP contribution is 1.96. The molecule has 2 heteroatoms. The lowest BCUT2D eigenvalue weighted by molar-refractivity contribution is 0.884. The Morgan fingerprint density at radius 3 is 2.38 bits per heavy atom. The summed E-state index contributed by atoms with van der Waals surface area (Å²) in [6.45, 7) is 2.09. The molecule has 1 rings (SSSR count). The highest BCUT2D eigenvalue weighted by atomic mass is 31.0. The maximum Gasteiger partial charge on any atom is 0.0147 e. The molecule has 0 aromatic carbocycles. The molecule has 8 heavy (non-hydrogen) atoms. The Balaban J connectivity index is 3.14. The van der Waals surface area contributed by atoms with Crippen LogP contribution in [0.3, 0.4) is 0 Å². The molecule has 0 saturated heterocycles. The largest absolute Gasteiger partial charge is 0.354 e. The lowest BCUT2D eigenvalue weighted by atomic mass is 10.5. The van der Waals surface area contributed by atoms with Crippen molar-refractivity contribution < 1.29 is 0 Å². The van der Waals surface area contributed by atoms with Gasteiger partial charge in [0.05, 0.1) is 0 Å². The topological polar surface area (TPSA) is 4.93 Å². The van der Waals surface area contributed by atoms with E-state index >= 15 is 0 Å². The predicted molar refractivity (Wildman–Crippen MR) is 39.5 cm³/mol. The molecule has 1 aromatic heterocycles. The van der Waals surface area contributed by atoms with Crippen molar-refractivity contribution in [2.24, 2.45) is 7.05 Å². The van der Waals surface area contributed by atoms with Crippen LogP contribution in [0.4, 0.5) is 0 Å². The van der Waals surface area contributed by atoms with E-state index in [0.717, 1.165) is 0 Å². The van der Waals surface area contributed by atoms with Gasteiger partial charge in [-0.3, -0.25) is 0 Å². The third kappa shape index (κ3) is 0.924. The van der Waals surface area contributed by atoms with Crippen molar-refractivity contribution in [3.8, 4) is 0 Å². The molecule has 0 N–H and O–H groups in total. The fraction of sp³-hybridized carbons (Fsp3) is 0.333. The van der Waals surface area contributed by atoms with Gasteiger partial charge in [-0.2, -0.15) is 0 Å². The molecule has 0 amide bonds. The first-order chi connectivity index (χ1) is 3.70. The van der Waals surface area contributed by atoms with Crippen LogP contribution in [0.15, 0.2) is 12.3 Å². The Morgan fingerprint density at radius 2 is 2.25 bits per heavy atom. The Hall–Kier alpha value is -0.290. The average molecular weight is 127 g/mol. The second-order valence-corrected chi connectivity index (χ2v) is 2.69. The van der Waals surface area contributed by atoms with Crippen molar-refractivity contribution in [2.45, 2.75) is 6.92 Å². The van der Waals surface area contributed by atoms with Gasteiger partial charge in [0.1, 0.15) is 0 Å². The first kappa shape index (κ1) is 5.84. The zero-order valence-electron chi connectivity index (χ0n) is 5.18. The lowest BCUT2D eigenvalue weighted by Gasteiger charge is -1.89. The van der Waals surface area contributed by atoms with Gasteiger partial charge < -0.3 is 4.57 Å². The molecule has 0 bridgehead atoms. The molecule has 0 spiro atoms. The molecule has 0 aliphatic rings. The molecule has 1 aromatic rings. The third-order valence-corrected chi connectivity index (χ3v) is 1.59. The quantitative estimate of drug-likeness (QED) is 0.455. The van der Waals surface area contributed by atoms with E-state index < -0.39 is 0 Å². The molecule has 0 fully saturated rings. The van der Waals surface area contributed by atoms with Crippen LogP contribution in [0, 0.1) is 6.92 Å². The van der Waals surface area contributed by atoms with Crippen LogP contribution in [-0.4, -0.2) is 4.57 Å². The van der Waals surface area contributed by atoms with Crippen LogP contribution in [0.1, 0.15) is 5.69 Å². The lowest BCUT2D eigenvalue weighted by Crippen LogP contribution is -1.86. The van der Waals surface area contributed by atoms with Crippen LogP contribution in [0.2, 0.25) is 0 Å². The average Bonchev–Trinajstić information content (AvgIpc) is 1.85. The summed E-state index contributed by atoms with van der Waals surface area (Å²) in [4.78, 5) is 0. The number of hydrogen-bond acceptors (Lipinski definition) is 0. The normalized spacial score (nSPS) is 9.88. The number of aromatic nitrogens is 1. The molecule has 0 aliphatic heterocycles. The maximum atomic E-state index is 2.66. The van der Waals surface area contributed by atoms with E-state index in [1.54, 1.807) is 0 Å². The number of aryl methyl sites for hydroxylation is 2. The molecule has 1 heterocycles. The first-order valence-corrected chi connectivity index (χ1v) is 3.16. The van der Waals surface area contributed by atoms with E-state index in [1.807, 2.05) is 7.05 Å². The summed E-state index contributed by atoms with van der Waals surface area (Å²) in [5.41, 5.74) is 1.30. The van der Waals surface area contributed by atoms with Crippen LogP contribution in [0.25, 0.3) is 0 Å². The molecule has 44 valence electrons. The second-order valence-electron chi connectivity index (χ2n) is 2.03. The Labute approximate surface area is 51.9 Å². The fourth-order valence-electron chi connectivity index (χ4n) is 0.706. The molecule has 0 radical (unpaired) electrons. The van der Waals surface area contributed by atoms with E-state index in [0.29, 0.717) is 0 Å². The number of rotatable bonds is 0. The summed E-state index contributed by atoms with van der Waals surface area (Å²) in [7, 11) is 4.71. The summed E-state index contributed by atoms with van der Waals surface area (Å²) in [5, 5.41) is 1.25. The summed E-state index contributed by atoms with van der Waals surface area (Å²) >= 11 is 0. The van der Waals surface area contributed by atoms with Crippen LogP contribution in [-0.2, 0) is 7.05 Å². The van der Waals surface area contributed by atoms with E-state index in [1.165, 1.54) is 11.0 Å². The molecule has 0 saturated carbocycles. The minimum Gasteiger partial charge on any atom is -0.354 e. The van der Waals surface area contributed by atoms with E-state index in [2.05, 4.69) is 33.0 Å². The van der Waals surface area contributed by atoms with Gasteiger partial charge in [-0.15, -0.1) is 9.24 Å². The van der Waals surface area contributed by atoms with Gasteiger partial charge in [-0.05, 0) is 18.3 Å². The summed E-state index contributed by atoms with van der Waals surface area (Å²) in [6.07, 6.45) is 2.08. The first-order valence-electron chi connectivity index (χ1n) is 2.58. The summed E-state index contributed by atoms with van der Waals surface area (Å²) in [6, 6.07) is 2.13. The Kier molecular flexibility index (Phi) is 1.39. The Morgan fingerprint density at radius 1 is 1.62 bits per heavy atom. The molecule has 0 aliphatic carbocycles. The number of nitrogens with zero attached hydrogens (tertiary/aromatic N) is 1. The van der Waals surface area contributed by atoms with E-state index in [9.17, 15) is 0 Å². The van der Waals surface area contributed by atoms with Crippen LogP contribution < -0.4 is 5.30 Å². The van der Waals surface area contributed by atoms with Gasteiger partial charge in [-0.1, -0.05) is 0 Å². The van der Waals surface area contributed by atoms with Gasteiger partial charge in [0.2, 0.25) is 0 Å². The maximum absolute atomic E-state index is 2.66. The molecule has 1 unspecified atom stereocenters. The smallest absolute Gasteiger partial charge is 0.0147 e. The van der Waals surface area contributed by atoms with Gasteiger partial charge >= 0.3 is 0 Å². The highest BCUT2D eigenvalue weighted by Gasteiger charge is 1.89. The standard InChI is InChI=1S/C6H10NP/c1-5-3-6(8)4-7(5)2/h3-4H,8H2,1-2H3. The second kappa shape index (κ2) is 1.91.